The summed E-state index contributed by atoms with van der Waals surface area (Å²) in [5.41, 5.74) is 0.252. The molecule has 3 aromatic rings. The van der Waals surface area contributed by atoms with Crippen LogP contribution in [0.5, 0.6) is 0 Å². The molecule has 0 atom stereocenters. The largest absolute Gasteiger partial charge is 0.468 e. The average molecular weight is 410 g/mol. The van der Waals surface area contributed by atoms with E-state index in [1.807, 2.05) is 0 Å². The van der Waals surface area contributed by atoms with Crippen molar-refractivity contribution >= 4 is 27.3 Å². The normalized spacial score (nSPS) is 11.5. The smallest absolute Gasteiger partial charge is 0.404 e. The van der Waals surface area contributed by atoms with E-state index in [-0.39, 0.29) is 39.0 Å². The molecule has 0 aromatic carbocycles. The lowest BCUT2D eigenvalue weighted by Gasteiger charge is -2.05. The van der Waals surface area contributed by atoms with Crippen LogP contribution in [-0.4, -0.2) is 31.1 Å². The lowest BCUT2D eigenvalue weighted by molar-refractivity contribution is 0.194. The number of aryl methyl sites for hydroxylation is 1. The van der Waals surface area contributed by atoms with Gasteiger partial charge in [-0.25, -0.2) is 18.2 Å². The zero-order chi connectivity index (χ0) is 19.6. The van der Waals surface area contributed by atoms with Gasteiger partial charge in [-0.15, -0.1) is 11.3 Å². The van der Waals surface area contributed by atoms with Crippen molar-refractivity contribution in [3.63, 3.8) is 0 Å². The van der Waals surface area contributed by atoms with Crippen molar-refractivity contribution in [2.24, 2.45) is 0 Å². The van der Waals surface area contributed by atoms with Crippen LogP contribution in [0.1, 0.15) is 10.6 Å². The van der Waals surface area contributed by atoms with Gasteiger partial charge in [-0.1, -0.05) is 0 Å². The molecule has 3 aromatic heterocycles. The van der Waals surface area contributed by atoms with Gasteiger partial charge in [0.15, 0.2) is 0 Å². The fraction of sp³-hybridized carbons (Fsp3) is 0.176. The number of halogens is 1. The maximum atomic E-state index is 14.2. The van der Waals surface area contributed by atoms with Crippen LogP contribution in [0, 0.1) is 12.9 Å². The molecule has 3 heterocycles. The van der Waals surface area contributed by atoms with Crippen molar-refractivity contribution in [1.82, 2.24) is 10.3 Å². The van der Waals surface area contributed by atoms with Gasteiger partial charge in [0, 0.05) is 28.7 Å². The second-order valence-corrected chi connectivity index (χ2v) is 8.83. The van der Waals surface area contributed by atoms with Crippen LogP contribution in [0.2, 0.25) is 0 Å². The summed E-state index contributed by atoms with van der Waals surface area (Å²) in [5.74, 6) is -0.555. The van der Waals surface area contributed by atoms with Crippen LogP contribution in [0.3, 0.4) is 0 Å². The van der Waals surface area contributed by atoms with Crippen molar-refractivity contribution in [3.05, 3.63) is 53.3 Å². The Bertz CT molecular complexity index is 1090. The van der Waals surface area contributed by atoms with Crippen molar-refractivity contribution < 1.29 is 27.1 Å². The molecule has 0 aliphatic heterocycles. The molecule has 1 amide bonds. The van der Waals surface area contributed by atoms with E-state index in [0.29, 0.717) is 4.88 Å². The molecule has 10 heteroatoms. The summed E-state index contributed by atoms with van der Waals surface area (Å²) in [7, 11) is -3.95. The highest BCUT2D eigenvalue weighted by molar-refractivity contribution is 7.93. The highest BCUT2D eigenvalue weighted by atomic mass is 32.2. The molecular weight excluding hydrogens is 395 g/mol. The first-order chi connectivity index (χ1) is 12.8. The van der Waals surface area contributed by atoms with Crippen LogP contribution in [0.25, 0.3) is 11.1 Å². The van der Waals surface area contributed by atoms with Gasteiger partial charge in [-0.05, 0) is 37.6 Å². The predicted octanol–water partition coefficient (Wildman–Crippen LogP) is 3.49. The Morgan fingerprint density at radius 2 is 2.15 bits per heavy atom. The number of pyridine rings is 1. The summed E-state index contributed by atoms with van der Waals surface area (Å²) in [6.45, 7) is 1.64. The molecule has 27 heavy (non-hydrogen) atoms. The van der Waals surface area contributed by atoms with Gasteiger partial charge in [-0.2, -0.15) is 4.39 Å². The van der Waals surface area contributed by atoms with Gasteiger partial charge < -0.3 is 14.8 Å². The fourth-order valence-corrected chi connectivity index (χ4v) is 5.81. The number of thiophene rings is 1. The van der Waals surface area contributed by atoms with Crippen molar-refractivity contribution in [1.29, 1.82) is 0 Å². The molecular formula is C17H15FN2O5S2. The van der Waals surface area contributed by atoms with Crippen LogP contribution >= 0.6 is 11.3 Å². The lowest BCUT2D eigenvalue weighted by atomic mass is 10.1. The van der Waals surface area contributed by atoms with E-state index in [9.17, 15) is 17.6 Å². The molecule has 0 spiro atoms. The molecule has 0 saturated carbocycles. The zero-order valence-corrected chi connectivity index (χ0v) is 15.7. The molecule has 142 valence electrons. The molecule has 0 unspecified atom stereocenters. The second-order valence-electron chi connectivity index (χ2n) is 5.58. The third-order valence-corrected chi connectivity index (χ3v) is 7.40. The van der Waals surface area contributed by atoms with Gasteiger partial charge in [0.25, 0.3) is 0 Å². The Kier molecular flexibility index (Phi) is 5.29. The van der Waals surface area contributed by atoms with Gasteiger partial charge in [-0.3, -0.25) is 0 Å². The zero-order valence-electron chi connectivity index (χ0n) is 14.1. The predicted molar refractivity (Wildman–Crippen MR) is 96.1 cm³/mol. The van der Waals surface area contributed by atoms with E-state index in [1.165, 1.54) is 37.6 Å². The number of furan rings is 1. The Morgan fingerprint density at radius 3 is 2.78 bits per heavy atom. The third kappa shape index (κ3) is 3.86. The van der Waals surface area contributed by atoms with E-state index in [0.717, 1.165) is 11.3 Å². The maximum Gasteiger partial charge on any atom is 0.404 e. The Morgan fingerprint density at radius 1 is 1.37 bits per heavy atom. The highest BCUT2D eigenvalue weighted by Gasteiger charge is 2.29. The van der Waals surface area contributed by atoms with Crippen LogP contribution in [0.4, 0.5) is 9.18 Å². The van der Waals surface area contributed by atoms with E-state index in [4.69, 9.17) is 9.52 Å². The number of nitrogens with zero attached hydrogens (tertiary/aromatic N) is 1. The number of amides is 1. The first-order valence-corrected chi connectivity index (χ1v) is 10.1. The molecule has 0 aliphatic carbocycles. The van der Waals surface area contributed by atoms with Crippen molar-refractivity contribution in [3.8, 4) is 11.1 Å². The number of carbonyl (C=O) groups is 1. The Hall–Kier alpha value is -2.72. The standard InChI is InChI=1S/C17H15FN2O5S2/c1-10-14(5-8-25-10)27(23,24)16-13(12-3-2-6-19-15(12)18)9-11(26-16)4-7-20-17(21)22/h2-3,5-6,8-9,20H,4,7H2,1H3,(H,21,22). The van der Waals surface area contributed by atoms with Gasteiger partial charge in [0.2, 0.25) is 15.8 Å². The monoisotopic (exact) mass is 410 g/mol. The highest BCUT2D eigenvalue weighted by Crippen LogP contribution is 2.40. The summed E-state index contributed by atoms with van der Waals surface area (Å²) >= 11 is 0.972. The molecule has 0 aliphatic rings. The quantitative estimate of drug-likeness (QED) is 0.602. The number of aromatic nitrogens is 1. The van der Waals surface area contributed by atoms with Gasteiger partial charge in [0.1, 0.15) is 14.9 Å². The molecule has 0 bridgehead atoms. The van der Waals surface area contributed by atoms with Crippen LogP contribution in [0.15, 0.2) is 50.2 Å². The first kappa shape index (κ1) is 19.1. The minimum absolute atomic E-state index is 0.00473. The number of sulfone groups is 1. The molecule has 0 saturated heterocycles. The Labute approximate surface area is 158 Å². The number of rotatable bonds is 6. The minimum Gasteiger partial charge on any atom is -0.468 e. The van der Waals surface area contributed by atoms with E-state index in [1.54, 1.807) is 6.07 Å². The maximum absolute atomic E-state index is 14.2. The molecule has 0 radical (unpaired) electrons. The van der Waals surface area contributed by atoms with Crippen molar-refractivity contribution in [2.75, 3.05) is 6.54 Å². The molecule has 0 fully saturated rings. The van der Waals surface area contributed by atoms with E-state index < -0.39 is 21.9 Å². The first-order valence-electron chi connectivity index (χ1n) is 7.80. The summed E-state index contributed by atoms with van der Waals surface area (Å²) < 4.78 is 45.5. The van der Waals surface area contributed by atoms with Crippen molar-refractivity contribution in [2.45, 2.75) is 22.4 Å². The van der Waals surface area contributed by atoms with Gasteiger partial charge in [0.05, 0.1) is 6.26 Å². The molecule has 7 nitrogen and oxygen atoms in total. The Balaban J connectivity index is 2.11. The van der Waals surface area contributed by atoms with E-state index in [2.05, 4.69) is 10.3 Å². The number of hydrogen-bond donors (Lipinski definition) is 2. The minimum atomic E-state index is -3.95. The summed E-state index contributed by atoms with van der Waals surface area (Å²) in [4.78, 5) is 14.8. The third-order valence-electron chi connectivity index (χ3n) is 3.79. The number of nitrogens with one attached hydrogen (secondary N) is 1. The summed E-state index contributed by atoms with van der Waals surface area (Å²) in [6, 6.07) is 5.86. The second kappa shape index (κ2) is 7.49. The molecule has 2 N–H and O–H groups in total. The SMILES string of the molecule is Cc1occc1S(=O)(=O)c1sc(CCNC(=O)O)cc1-c1cccnc1F. The van der Waals surface area contributed by atoms with Crippen LogP contribution in [-0.2, 0) is 16.3 Å². The topological polar surface area (TPSA) is 110 Å². The van der Waals surface area contributed by atoms with E-state index >= 15 is 0 Å². The summed E-state index contributed by atoms with van der Waals surface area (Å²) in [5, 5.41) is 10.9. The lowest BCUT2D eigenvalue weighted by Crippen LogP contribution is -2.22. The average Bonchev–Trinajstić information content (AvgIpc) is 3.22. The number of carboxylic acid groups (broad SMARTS) is 1. The summed E-state index contributed by atoms with van der Waals surface area (Å²) in [6.07, 6.45) is 1.65. The van der Waals surface area contributed by atoms with Gasteiger partial charge >= 0.3 is 6.09 Å². The van der Waals surface area contributed by atoms with Crippen LogP contribution < -0.4 is 5.32 Å². The fourth-order valence-electron chi connectivity index (χ4n) is 2.57. The molecule has 3 rings (SSSR count). The number of hydrogen-bond acceptors (Lipinski definition) is 6.